The van der Waals surface area contributed by atoms with E-state index >= 15 is 0 Å². The van der Waals surface area contributed by atoms with Gasteiger partial charge in [-0.25, -0.2) is 4.39 Å². The summed E-state index contributed by atoms with van der Waals surface area (Å²) >= 11 is 0. The van der Waals surface area contributed by atoms with Crippen LogP contribution >= 0.6 is 0 Å². The first kappa shape index (κ1) is 10.2. The number of rotatable bonds is 1. The number of nitriles is 1. The van der Waals surface area contributed by atoms with Crippen molar-refractivity contribution in [2.75, 3.05) is 0 Å². The predicted molar refractivity (Wildman–Crippen MR) is 49.4 cm³/mol. The lowest BCUT2D eigenvalue weighted by Gasteiger charge is -1.99. The van der Waals surface area contributed by atoms with Crippen LogP contribution in [0.15, 0.2) is 18.2 Å². The molecule has 0 atom stereocenters. The third-order valence-corrected chi connectivity index (χ3v) is 1.64. The number of halogens is 1. The topological polar surface area (TPSA) is 44.0 Å². The Balaban J connectivity index is 3.01. The Bertz CT molecular complexity index is 423. The van der Waals surface area contributed by atoms with Gasteiger partial charge in [-0.15, -0.1) is 0 Å². The van der Waals surface area contributed by atoms with Crippen LogP contribution in [0.2, 0.25) is 0 Å². The Labute approximate surface area is 81.6 Å². The van der Waals surface area contributed by atoms with Crippen molar-refractivity contribution in [1.82, 2.24) is 0 Å². The van der Waals surface area contributed by atoms with Gasteiger partial charge in [-0.1, -0.05) is 24.0 Å². The van der Waals surface area contributed by atoms with E-state index in [0.717, 1.165) is 0 Å². The minimum Gasteiger partial charge on any atom is -0.392 e. The maximum absolute atomic E-state index is 13.4. The molecule has 1 aromatic rings. The standard InChI is InChI=1S/C11H8FNO/c12-11-9(4-1-2-7-13)5-3-6-10(11)8-14/h3,5-6,14H,2,8H2. The predicted octanol–water partition coefficient (Wildman–Crippen LogP) is 1.58. The summed E-state index contributed by atoms with van der Waals surface area (Å²) in [5.74, 6) is 4.53. The van der Waals surface area contributed by atoms with Gasteiger partial charge in [0.05, 0.1) is 24.7 Å². The Kier molecular flexibility index (Phi) is 3.67. The van der Waals surface area contributed by atoms with E-state index in [4.69, 9.17) is 10.4 Å². The SMILES string of the molecule is N#CCC#Cc1cccc(CO)c1F. The number of aliphatic hydroxyl groups excluding tert-OH is 1. The molecule has 1 N–H and O–H groups in total. The molecule has 0 aliphatic heterocycles. The van der Waals surface area contributed by atoms with Crippen LogP contribution in [0.4, 0.5) is 4.39 Å². The maximum atomic E-state index is 13.4. The van der Waals surface area contributed by atoms with Crippen LogP contribution in [-0.4, -0.2) is 5.11 Å². The van der Waals surface area contributed by atoms with E-state index < -0.39 is 5.82 Å². The third kappa shape index (κ3) is 2.32. The molecule has 0 bridgehead atoms. The van der Waals surface area contributed by atoms with Crippen molar-refractivity contribution in [2.24, 2.45) is 0 Å². The molecular formula is C11H8FNO. The van der Waals surface area contributed by atoms with E-state index in [1.807, 2.05) is 6.07 Å². The van der Waals surface area contributed by atoms with Crippen LogP contribution < -0.4 is 0 Å². The average molecular weight is 189 g/mol. The average Bonchev–Trinajstić information content (AvgIpc) is 2.21. The van der Waals surface area contributed by atoms with E-state index in [-0.39, 0.29) is 24.2 Å². The largest absolute Gasteiger partial charge is 0.392 e. The number of hydrogen-bond acceptors (Lipinski definition) is 2. The van der Waals surface area contributed by atoms with Crippen molar-refractivity contribution in [3.63, 3.8) is 0 Å². The summed E-state index contributed by atoms with van der Waals surface area (Å²) in [6, 6.07) is 6.46. The summed E-state index contributed by atoms with van der Waals surface area (Å²) in [5, 5.41) is 17.0. The minimum absolute atomic E-state index is 0.0722. The fourth-order valence-electron chi connectivity index (χ4n) is 0.977. The van der Waals surface area contributed by atoms with Crippen molar-refractivity contribution in [1.29, 1.82) is 5.26 Å². The number of aliphatic hydroxyl groups is 1. The number of benzene rings is 1. The number of nitrogens with zero attached hydrogens (tertiary/aromatic N) is 1. The lowest BCUT2D eigenvalue weighted by Crippen LogP contribution is -1.92. The van der Waals surface area contributed by atoms with Gasteiger partial charge in [-0.05, 0) is 6.07 Å². The smallest absolute Gasteiger partial charge is 0.144 e. The molecule has 14 heavy (non-hydrogen) atoms. The van der Waals surface area contributed by atoms with Gasteiger partial charge in [0.25, 0.3) is 0 Å². The molecule has 0 fully saturated rings. The molecule has 0 heterocycles. The Morgan fingerprint density at radius 2 is 2.21 bits per heavy atom. The lowest BCUT2D eigenvalue weighted by atomic mass is 10.1. The van der Waals surface area contributed by atoms with Crippen LogP contribution in [0, 0.1) is 29.0 Å². The highest BCUT2D eigenvalue weighted by Gasteiger charge is 2.03. The third-order valence-electron chi connectivity index (χ3n) is 1.64. The highest BCUT2D eigenvalue weighted by molar-refractivity contribution is 5.39. The van der Waals surface area contributed by atoms with Crippen molar-refractivity contribution >= 4 is 0 Å². The second-order valence-electron chi connectivity index (χ2n) is 2.57. The monoisotopic (exact) mass is 189 g/mol. The van der Waals surface area contributed by atoms with Crippen molar-refractivity contribution in [3.05, 3.63) is 35.1 Å². The van der Waals surface area contributed by atoms with Gasteiger partial charge in [-0.2, -0.15) is 5.26 Å². The van der Waals surface area contributed by atoms with Crippen LogP contribution in [0.1, 0.15) is 17.5 Å². The van der Waals surface area contributed by atoms with Crippen LogP contribution in [0.25, 0.3) is 0 Å². The fourth-order valence-corrected chi connectivity index (χ4v) is 0.977. The van der Waals surface area contributed by atoms with Crippen LogP contribution in [0.3, 0.4) is 0 Å². The summed E-state index contributed by atoms with van der Waals surface area (Å²) in [5.41, 5.74) is 0.431. The summed E-state index contributed by atoms with van der Waals surface area (Å²) in [4.78, 5) is 0. The van der Waals surface area contributed by atoms with Crippen molar-refractivity contribution in [2.45, 2.75) is 13.0 Å². The van der Waals surface area contributed by atoms with Crippen LogP contribution in [-0.2, 0) is 6.61 Å². The van der Waals surface area contributed by atoms with Gasteiger partial charge in [-0.3, -0.25) is 0 Å². The van der Waals surface area contributed by atoms with E-state index in [9.17, 15) is 4.39 Å². The summed E-state index contributed by atoms with van der Waals surface area (Å²) in [6.45, 7) is -0.348. The first-order chi connectivity index (χ1) is 6.79. The summed E-state index contributed by atoms with van der Waals surface area (Å²) in [7, 11) is 0. The Morgan fingerprint density at radius 1 is 1.43 bits per heavy atom. The molecule has 0 aliphatic rings. The number of hydrogen-bond donors (Lipinski definition) is 1. The van der Waals surface area contributed by atoms with E-state index in [2.05, 4.69) is 11.8 Å². The Morgan fingerprint density at radius 3 is 2.86 bits per heavy atom. The van der Waals surface area contributed by atoms with Gasteiger partial charge in [0.15, 0.2) is 0 Å². The van der Waals surface area contributed by atoms with E-state index in [1.54, 1.807) is 6.07 Å². The second-order valence-corrected chi connectivity index (χ2v) is 2.57. The summed E-state index contributed by atoms with van der Waals surface area (Å²) < 4.78 is 13.4. The molecule has 0 spiro atoms. The van der Waals surface area contributed by atoms with Gasteiger partial charge >= 0.3 is 0 Å². The van der Waals surface area contributed by atoms with E-state index in [1.165, 1.54) is 12.1 Å². The molecule has 0 amide bonds. The fraction of sp³-hybridized carbons (Fsp3) is 0.182. The molecule has 0 saturated carbocycles. The molecule has 0 saturated heterocycles. The zero-order valence-corrected chi connectivity index (χ0v) is 7.42. The van der Waals surface area contributed by atoms with Gasteiger partial charge in [0.2, 0.25) is 0 Å². The molecule has 0 aromatic heterocycles. The summed E-state index contributed by atoms with van der Waals surface area (Å²) in [6.07, 6.45) is 0.0722. The molecule has 2 nitrogen and oxygen atoms in total. The highest BCUT2D eigenvalue weighted by Crippen LogP contribution is 2.11. The molecule has 1 aromatic carbocycles. The molecule has 1 rings (SSSR count). The first-order valence-electron chi connectivity index (χ1n) is 4.03. The first-order valence-corrected chi connectivity index (χ1v) is 4.03. The molecule has 0 unspecified atom stereocenters. The van der Waals surface area contributed by atoms with Gasteiger partial charge in [0, 0.05) is 5.56 Å². The van der Waals surface area contributed by atoms with E-state index in [0.29, 0.717) is 0 Å². The second kappa shape index (κ2) is 5.01. The molecule has 3 heteroatoms. The maximum Gasteiger partial charge on any atom is 0.144 e. The quantitative estimate of drug-likeness (QED) is 0.681. The highest BCUT2D eigenvalue weighted by atomic mass is 19.1. The lowest BCUT2D eigenvalue weighted by molar-refractivity contribution is 0.275. The van der Waals surface area contributed by atoms with Gasteiger partial charge in [0.1, 0.15) is 5.82 Å². The molecule has 70 valence electrons. The van der Waals surface area contributed by atoms with Crippen LogP contribution in [0.5, 0.6) is 0 Å². The molecule has 0 aliphatic carbocycles. The van der Waals surface area contributed by atoms with Crippen molar-refractivity contribution < 1.29 is 9.50 Å². The van der Waals surface area contributed by atoms with Crippen molar-refractivity contribution in [3.8, 4) is 17.9 Å². The molecular weight excluding hydrogens is 181 g/mol. The zero-order chi connectivity index (χ0) is 10.4. The van der Waals surface area contributed by atoms with Gasteiger partial charge < -0.3 is 5.11 Å². The Hall–Kier alpha value is -1.84. The minimum atomic E-state index is -0.513. The molecule has 0 radical (unpaired) electrons. The normalized spacial score (nSPS) is 8.64. The zero-order valence-electron chi connectivity index (χ0n) is 7.42.